The van der Waals surface area contributed by atoms with E-state index >= 15 is 0 Å². The quantitative estimate of drug-likeness (QED) is 0.770. The van der Waals surface area contributed by atoms with Crippen molar-refractivity contribution in [3.63, 3.8) is 0 Å². The van der Waals surface area contributed by atoms with Crippen molar-refractivity contribution in [2.24, 2.45) is 11.7 Å². The number of nitrogens with two attached hydrogens (primary N) is 1. The van der Waals surface area contributed by atoms with Gasteiger partial charge in [0.1, 0.15) is 5.54 Å². The molecule has 0 radical (unpaired) electrons. The zero-order valence-electron chi connectivity index (χ0n) is 10.3. The Bertz CT molecular complexity index is 261. The summed E-state index contributed by atoms with van der Waals surface area (Å²) in [7, 11) is 0. The number of amides is 1. The van der Waals surface area contributed by atoms with E-state index in [4.69, 9.17) is 5.73 Å². The molecule has 3 heteroatoms. The third kappa shape index (κ3) is 2.10. The molecular formula is C13H24N2O. The Kier molecular flexibility index (Phi) is 3.53. The van der Waals surface area contributed by atoms with Crippen molar-refractivity contribution in [3.8, 4) is 0 Å². The Morgan fingerprint density at radius 2 is 1.88 bits per heavy atom. The molecule has 0 aliphatic heterocycles. The highest BCUT2D eigenvalue weighted by Gasteiger charge is 2.46. The van der Waals surface area contributed by atoms with Gasteiger partial charge in [0, 0.05) is 6.04 Å². The van der Waals surface area contributed by atoms with Gasteiger partial charge in [-0.15, -0.1) is 0 Å². The molecule has 92 valence electrons. The molecule has 2 unspecified atom stereocenters. The molecule has 3 N–H and O–H groups in total. The van der Waals surface area contributed by atoms with Gasteiger partial charge in [-0.25, -0.2) is 0 Å². The van der Waals surface area contributed by atoms with Crippen LogP contribution in [0.5, 0.6) is 0 Å². The number of carbonyl (C=O) groups is 1. The van der Waals surface area contributed by atoms with Gasteiger partial charge >= 0.3 is 0 Å². The molecule has 0 spiro atoms. The van der Waals surface area contributed by atoms with Crippen LogP contribution < -0.4 is 11.1 Å². The Morgan fingerprint density at radius 3 is 2.38 bits per heavy atom. The van der Waals surface area contributed by atoms with E-state index < -0.39 is 5.54 Å². The van der Waals surface area contributed by atoms with Gasteiger partial charge in [0.2, 0.25) is 5.91 Å². The average Bonchev–Trinajstić information content (AvgIpc) is 2.63. The van der Waals surface area contributed by atoms with E-state index in [1.165, 1.54) is 32.1 Å². The predicted octanol–water partition coefficient (Wildman–Crippen LogP) is 1.95. The van der Waals surface area contributed by atoms with Crippen molar-refractivity contribution in [2.75, 3.05) is 0 Å². The van der Waals surface area contributed by atoms with Crippen LogP contribution in [0.3, 0.4) is 0 Å². The van der Waals surface area contributed by atoms with Gasteiger partial charge in [-0.1, -0.05) is 32.6 Å². The molecule has 2 atom stereocenters. The maximum atomic E-state index is 11.8. The first-order valence-electron chi connectivity index (χ1n) is 6.73. The zero-order chi connectivity index (χ0) is 11.6. The number of carbonyl (C=O) groups excluding carboxylic acids is 1. The van der Waals surface area contributed by atoms with Crippen LogP contribution in [0.15, 0.2) is 0 Å². The summed E-state index contributed by atoms with van der Waals surface area (Å²) in [5, 5.41) is 3.61. The SMILES string of the molecule is CC1CCCC1(NC1CCCCC1)C(N)=O. The smallest absolute Gasteiger partial charge is 0.238 e. The zero-order valence-corrected chi connectivity index (χ0v) is 10.3. The van der Waals surface area contributed by atoms with Crippen molar-refractivity contribution in [1.29, 1.82) is 0 Å². The topological polar surface area (TPSA) is 55.1 Å². The van der Waals surface area contributed by atoms with Crippen LogP contribution in [0.1, 0.15) is 58.3 Å². The fourth-order valence-electron chi connectivity index (χ4n) is 3.44. The normalized spacial score (nSPS) is 36.4. The summed E-state index contributed by atoms with van der Waals surface area (Å²) >= 11 is 0. The molecule has 2 fully saturated rings. The number of rotatable bonds is 3. The summed E-state index contributed by atoms with van der Waals surface area (Å²) in [6, 6.07) is 0.516. The first-order valence-corrected chi connectivity index (χ1v) is 6.73. The second kappa shape index (κ2) is 4.74. The van der Waals surface area contributed by atoms with Crippen LogP contribution in [-0.4, -0.2) is 17.5 Å². The lowest BCUT2D eigenvalue weighted by molar-refractivity contribution is -0.126. The maximum Gasteiger partial charge on any atom is 0.238 e. The van der Waals surface area contributed by atoms with Crippen LogP contribution in [0.2, 0.25) is 0 Å². The number of primary amides is 1. The fraction of sp³-hybridized carbons (Fsp3) is 0.923. The molecule has 0 aromatic heterocycles. The summed E-state index contributed by atoms with van der Waals surface area (Å²) in [6.07, 6.45) is 9.54. The van der Waals surface area contributed by atoms with Crippen molar-refractivity contribution < 1.29 is 4.79 Å². The lowest BCUT2D eigenvalue weighted by Gasteiger charge is -2.37. The standard InChI is InChI=1S/C13H24N2O/c1-10-6-5-9-13(10,12(14)16)15-11-7-3-2-4-8-11/h10-11,15H,2-9H2,1H3,(H2,14,16). The fourth-order valence-corrected chi connectivity index (χ4v) is 3.44. The minimum atomic E-state index is -0.401. The Balaban J connectivity index is 2.05. The van der Waals surface area contributed by atoms with Crippen molar-refractivity contribution in [2.45, 2.75) is 69.9 Å². The molecular weight excluding hydrogens is 200 g/mol. The molecule has 2 aliphatic rings. The van der Waals surface area contributed by atoms with E-state index in [2.05, 4.69) is 12.2 Å². The van der Waals surface area contributed by atoms with Crippen molar-refractivity contribution >= 4 is 5.91 Å². The van der Waals surface area contributed by atoms with Gasteiger partial charge in [-0.05, 0) is 31.6 Å². The Hall–Kier alpha value is -0.570. The van der Waals surface area contributed by atoms with E-state index in [1.807, 2.05) is 0 Å². The summed E-state index contributed by atoms with van der Waals surface area (Å²) in [5.74, 6) is 0.259. The number of hydrogen-bond donors (Lipinski definition) is 2. The van der Waals surface area contributed by atoms with Gasteiger partial charge < -0.3 is 11.1 Å². The predicted molar refractivity (Wildman–Crippen MR) is 64.9 cm³/mol. The molecule has 16 heavy (non-hydrogen) atoms. The Labute approximate surface area is 98.2 Å². The lowest BCUT2D eigenvalue weighted by Crippen LogP contribution is -2.60. The van der Waals surface area contributed by atoms with Gasteiger partial charge in [0.15, 0.2) is 0 Å². The molecule has 0 aromatic rings. The molecule has 2 saturated carbocycles. The number of nitrogens with one attached hydrogen (secondary N) is 1. The minimum Gasteiger partial charge on any atom is -0.368 e. The van der Waals surface area contributed by atoms with E-state index in [1.54, 1.807) is 0 Å². The van der Waals surface area contributed by atoms with Gasteiger partial charge in [0.05, 0.1) is 0 Å². The largest absolute Gasteiger partial charge is 0.368 e. The molecule has 0 bridgehead atoms. The highest BCUT2D eigenvalue weighted by molar-refractivity contribution is 5.85. The molecule has 0 heterocycles. The van der Waals surface area contributed by atoms with Gasteiger partial charge in [-0.3, -0.25) is 4.79 Å². The van der Waals surface area contributed by atoms with E-state index in [0.29, 0.717) is 12.0 Å². The van der Waals surface area contributed by atoms with E-state index in [0.717, 1.165) is 19.3 Å². The van der Waals surface area contributed by atoms with E-state index in [9.17, 15) is 4.79 Å². The van der Waals surface area contributed by atoms with Crippen LogP contribution >= 0.6 is 0 Å². The highest BCUT2D eigenvalue weighted by atomic mass is 16.1. The summed E-state index contributed by atoms with van der Waals surface area (Å²) < 4.78 is 0. The van der Waals surface area contributed by atoms with Crippen molar-refractivity contribution in [3.05, 3.63) is 0 Å². The molecule has 3 nitrogen and oxygen atoms in total. The van der Waals surface area contributed by atoms with Crippen LogP contribution in [-0.2, 0) is 4.79 Å². The monoisotopic (exact) mass is 224 g/mol. The van der Waals surface area contributed by atoms with E-state index in [-0.39, 0.29) is 5.91 Å². The lowest BCUT2D eigenvalue weighted by atomic mass is 9.84. The number of hydrogen-bond acceptors (Lipinski definition) is 2. The average molecular weight is 224 g/mol. The summed E-state index contributed by atoms with van der Waals surface area (Å²) in [6.45, 7) is 2.16. The summed E-state index contributed by atoms with van der Waals surface area (Å²) in [4.78, 5) is 11.8. The highest BCUT2D eigenvalue weighted by Crippen LogP contribution is 2.36. The first kappa shape index (κ1) is 11.9. The van der Waals surface area contributed by atoms with Crippen molar-refractivity contribution in [1.82, 2.24) is 5.32 Å². The molecule has 2 aliphatic carbocycles. The molecule has 2 rings (SSSR count). The third-order valence-electron chi connectivity index (χ3n) is 4.56. The molecule has 1 amide bonds. The maximum absolute atomic E-state index is 11.8. The summed E-state index contributed by atoms with van der Waals surface area (Å²) in [5.41, 5.74) is 5.24. The van der Waals surface area contributed by atoms with Gasteiger partial charge in [0.25, 0.3) is 0 Å². The Morgan fingerprint density at radius 1 is 1.19 bits per heavy atom. The molecule has 0 saturated heterocycles. The van der Waals surface area contributed by atoms with Crippen LogP contribution in [0, 0.1) is 5.92 Å². The van der Waals surface area contributed by atoms with Crippen LogP contribution in [0.4, 0.5) is 0 Å². The van der Waals surface area contributed by atoms with Crippen LogP contribution in [0.25, 0.3) is 0 Å². The first-order chi connectivity index (χ1) is 7.65. The van der Waals surface area contributed by atoms with Gasteiger partial charge in [-0.2, -0.15) is 0 Å². The minimum absolute atomic E-state index is 0.136. The second-order valence-corrected chi connectivity index (χ2v) is 5.61. The molecule has 0 aromatic carbocycles. The third-order valence-corrected chi connectivity index (χ3v) is 4.56. The second-order valence-electron chi connectivity index (χ2n) is 5.61.